The molecule has 0 bridgehead atoms. The van der Waals surface area contributed by atoms with Crippen molar-refractivity contribution in [3.63, 3.8) is 0 Å². The highest BCUT2D eigenvalue weighted by molar-refractivity contribution is 14.1. The third kappa shape index (κ3) is 1.29. The Bertz CT molecular complexity index is 438. The van der Waals surface area contributed by atoms with Gasteiger partial charge in [-0.1, -0.05) is 0 Å². The van der Waals surface area contributed by atoms with Crippen molar-refractivity contribution in [2.24, 2.45) is 0 Å². The van der Waals surface area contributed by atoms with Crippen molar-refractivity contribution >= 4 is 59.9 Å². The van der Waals surface area contributed by atoms with E-state index in [4.69, 9.17) is 0 Å². The van der Waals surface area contributed by atoms with Gasteiger partial charge in [0.2, 0.25) is 0 Å². The van der Waals surface area contributed by atoms with Crippen molar-refractivity contribution in [1.29, 1.82) is 0 Å². The molecule has 0 spiro atoms. The highest BCUT2D eigenvalue weighted by atomic mass is 127. The Morgan fingerprint density at radius 2 is 2.17 bits per heavy atom. The molecule has 1 aromatic carbocycles. The summed E-state index contributed by atoms with van der Waals surface area (Å²) >= 11 is 7.06. The van der Waals surface area contributed by atoms with Gasteiger partial charge in [0.25, 0.3) is 0 Å². The first kappa shape index (κ1) is 8.90. The third-order valence-corrected chi connectivity index (χ3v) is 5.46. The largest absolute Gasteiger partial charge is 0.205 e. The van der Waals surface area contributed by atoms with Gasteiger partial charge in [-0.05, 0) is 50.7 Å². The van der Waals surface area contributed by atoms with E-state index in [-0.39, 0.29) is 5.82 Å². The summed E-state index contributed by atoms with van der Waals surface area (Å²) < 4.78 is 16.2. The van der Waals surface area contributed by atoms with Gasteiger partial charge in [0.1, 0.15) is 5.82 Å². The molecule has 0 aliphatic heterocycles. The Morgan fingerprint density at radius 1 is 1.42 bits per heavy atom. The average molecular weight is 357 g/mol. The van der Waals surface area contributed by atoms with Gasteiger partial charge >= 0.3 is 0 Å². The molecule has 0 saturated carbocycles. The zero-order valence-corrected chi connectivity index (χ0v) is 10.3. The van der Waals surface area contributed by atoms with E-state index in [1.165, 1.54) is 11.3 Å². The first-order chi connectivity index (χ1) is 5.70. The SMILES string of the molecule is Fc1csc2c(I)c(Br)ccc12. The van der Waals surface area contributed by atoms with Crippen LogP contribution in [0.5, 0.6) is 0 Å². The summed E-state index contributed by atoms with van der Waals surface area (Å²) in [4.78, 5) is 0. The molecular formula is C8H3BrFIS. The van der Waals surface area contributed by atoms with Crippen LogP contribution < -0.4 is 0 Å². The molecule has 62 valence electrons. The number of benzene rings is 1. The van der Waals surface area contributed by atoms with E-state index in [1.807, 2.05) is 6.07 Å². The molecule has 0 radical (unpaired) electrons. The molecule has 0 aliphatic rings. The average Bonchev–Trinajstić information content (AvgIpc) is 2.41. The first-order valence-corrected chi connectivity index (χ1v) is 5.96. The van der Waals surface area contributed by atoms with Gasteiger partial charge in [-0.3, -0.25) is 0 Å². The van der Waals surface area contributed by atoms with Gasteiger partial charge < -0.3 is 0 Å². The maximum Gasteiger partial charge on any atom is 0.141 e. The molecular weight excluding hydrogens is 354 g/mol. The molecule has 1 aromatic heterocycles. The summed E-state index contributed by atoms with van der Waals surface area (Å²) in [6.45, 7) is 0. The summed E-state index contributed by atoms with van der Waals surface area (Å²) in [6.07, 6.45) is 0. The van der Waals surface area contributed by atoms with E-state index in [0.717, 1.165) is 12.7 Å². The summed E-state index contributed by atoms with van der Waals surface area (Å²) in [5.74, 6) is -0.125. The second-order valence-corrected chi connectivity index (χ2v) is 5.13. The molecule has 12 heavy (non-hydrogen) atoms. The van der Waals surface area contributed by atoms with E-state index in [0.29, 0.717) is 5.39 Å². The fourth-order valence-corrected chi connectivity index (χ4v) is 3.18. The molecule has 0 aliphatic carbocycles. The van der Waals surface area contributed by atoms with Crippen LogP contribution in [0.25, 0.3) is 10.1 Å². The first-order valence-electron chi connectivity index (χ1n) is 3.21. The van der Waals surface area contributed by atoms with Gasteiger partial charge in [0.15, 0.2) is 0 Å². The van der Waals surface area contributed by atoms with E-state index in [9.17, 15) is 4.39 Å². The number of fused-ring (bicyclic) bond motifs is 1. The van der Waals surface area contributed by atoms with Crippen molar-refractivity contribution in [3.05, 3.63) is 31.4 Å². The van der Waals surface area contributed by atoms with Gasteiger partial charge in [-0.15, -0.1) is 11.3 Å². The fourth-order valence-electron chi connectivity index (χ4n) is 1.01. The van der Waals surface area contributed by atoms with Crippen LogP contribution >= 0.6 is 49.9 Å². The van der Waals surface area contributed by atoms with Crippen LogP contribution in [0.2, 0.25) is 0 Å². The second-order valence-electron chi connectivity index (χ2n) is 2.32. The van der Waals surface area contributed by atoms with E-state index in [1.54, 1.807) is 11.4 Å². The van der Waals surface area contributed by atoms with Crippen molar-refractivity contribution in [2.45, 2.75) is 0 Å². The molecule has 0 fully saturated rings. The Kier molecular flexibility index (Phi) is 2.39. The summed E-state index contributed by atoms with van der Waals surface area (Å²) in [5, 5.41) is 2.26. The lowest BCUT2D eigenvalue weighted by Gasteiger charge is -1.96. The topological polar surface area (TPSA) is 0 Å². The Hall–Kier alpha value is 0.320. The molecule has 0 atom stereocenters. The van der Waals surface area contributed by atoms with Crippen molar-refractivity contribution in [1.82, 2.24) is 0 Å². The normalized spacial score (nSPS) is 10.9. The zero-order chi connectivity index (χ0) is 8.72. The molecule has 4 heteroatoms. The second kappa shape index (κ2) is 3.23. The van der Waals surface area contributed by atoms with Gasteiger partial charge in [0.05, 0.1) is 4.70 Å². The van der Waals surface area contributed by atoms with Crippen molar-refractivity contribution in [2.75, 3.05) is 0 Å². The quantitative estimate of drug-likeness (QED) is 0.613. The van der Waals surface area contributed by atoms with Gasteiger partial charge in [-0.25, -0.2) is 4.39 Å². The summed E-state index contributed by atoms with van der Waals surface area (Å²) in [6, 6.07) is 3.67. The molecule has 2 rings (SSSR count). The van der Waals surface area contributed by atoms with Crippen LogP contribution in [0, 0.1) is 9.39 Å². The number of hydrogen-bond acceptors (Lipinski definition) is 1. The molecule has 0 amide bonds. The minimum atomic E-state index is -0.125. The summed E-state index contributed by atoms with van der Waals surface area (Å²) in [7, 11) is 0. The lowest BCUT2D eigenvalue weighted by atomic mass is 10.3. The Labute approximate surface area is 95.0 Å². The van der Waals surface area contributed by atoms with Crippen LogP contribution in [-0.2, 0) is 0 Å². The van der Waals surface area contributed by atoms with Gasteiger partial charge in [-0.2, -0.15) is 0 Å². The van der Waals surface area contributed by atoms with Gasteiger partial charge in [0, 0.05) is 18.8 Å². The van der Waals surface area contributed by atoms with Crippen LogP contribution in [0.3, 0.4) is 0 Å². The molecule has 0 unspecified atom stereocenters. The standard InChI is InChI=1S/C8H3BrFIS/c9-5-2-1-4-6(10)3-12-8(4)7(5)11/h1-3H. The number of halogens is 3. The molecule has 0 nitrogen and oxygen atoms in total. The molecule has 2 aromatic rings. The van der Waals surface area contributed by atoms with Crippen molar-refractivity contribution < 1.29 is 4.39 Å². The number of hydrogen-bond donors (Lipinski definition) is 0. The zero-order valence-electron chi connectivity index (χ0n) is 5.77. The third-order valence-electron chi connectivity index (χ3n) is 1.59. The van der Waals surface area contributed by atoms with Crippen molar-refractivity contribution in [3.8, 4) is 0 Å². The number of rotatable bonds is 0. The fraction of sp³-hybridized carbons (Fsp3) is 0. The molecule has 0 saturated heterocycles. The lowest BCUT2D eigenvalue weighted by Crippen LogP contribution is -1.75. The minimum absolute atomic E-state index is 0.125. The molecule has 1 heterocycles. The highest BCUT2D eigenvalue weighted by Crippen LogP contribution is 2.33. The highest BCUT2D eigenvalue weighted by Gasteiger charge is 2.07. The van der Waals surface area contributed by atoms with Crippen LogP contribution in [0.4, 0.5) is 4.39 Å². The lowest BCUT2D eigenvalue weighted by molar-refractivity contribution is 0.644. The van der Waals surface area contributed by atoms with Crippen LogP contribution in [0.15, 0.2) is 22.0 Å². The predicted molar refractivity (Wildman–Crippen MR) is 62.2 cm³/mol. The minimum Gasteiger partial charge on any atom is -0.205 e. The number of thiophene rings is 1. The maximum atomic E-state index is 13.0. The van der Waals surface area contributed by atoms with Crippen LogP contribution in [-0.4, -0.2) is 0 Å². The monoisotopic (exact) mass is 356 g/mol. The maximum absolute atomic E-state index is 13.0. The van der Waals surface area contributed by atoms with E-state index < -0.39 is 0 Å². The Balaban J connectivity index is 2.93. The Morgan fingerprint density at radius 3 is 2.92 bits per heavy atom. The predicted octanol–water partition coefficient (Wildman–Crippen LogP) is 4.41. The van der Waals surface area contributed by atoms with E-state index >= 15 is 0 Å². The summed E-state index contributed by atoms with van der Waals surface area (Å²) in [5.41, 5.74) is 0. The molecule has 0 N–H and O–H groups in total. The smallest absolute Gasteiger partial charge is 0.141 e. The van der Waals surface area contributed by atoms with Crippen LogP contribution in [0.1, 0.15) is 0 Å². The van der Waals surface area contributed by atoms with E-state index in [2.05, 4.69) is 38.5 Å².